The van der Waals surface area contributed by atoms with E-state index in [1.54, 1.807) is 18.3 Å². The van der Waals surface area contributed by atoms with Crippen molar-refractivity contribution >= 4 is 15.7 Å². The van der Waals surface area contributed by atoms with Gasteiger partial charge >= 0.3 is 0 Å². The van der Waals surface area contributed by atoms with Crippen LogP contribution < -0.4 is 4.90 Å². The molecule has 1 aromatic heterocycles. The van der Waals surface area contributed by atoms with Gasteiger partial charge in [-0.15, -0.1) is 0 Å². The maximum absolute atomic E-state index is 11.7. The molecule has 100 valence electrons. The minimum Gasteiger partial charge on any atom is -0.396 e. The van der Waals surface area contributed by atoms with Crippen LogP contribution in [0.4, 0.5) is 5.82 Å². The summed E-state index contributed by atoms with van der Waals surface area (Å²) in [6, 6.07) is 3.22. The number of aromatic nitrogens is 1. The molecule has 0 aromatic carbocycles. The van der Waals surface area contributed by atoms with Gasteiger partial charge in [-0.1, -0.05) is 0 Å². The van der Waals surface area contributed by atoms with E-state index in [0.29, 0.717) is 12.4 Å². The summed E-state index contributed by atoms with van der Waals surface area (Å²) in [6.45, 7) is 1.59. The third kappa shape index (κ3) is 2.81. The molecule has 6 heteroatoms. The summed E-state index contributed by atoms with van der Waals surface area (Å²) in [5.41, 5.74) is 0. The second kappa shape index (κ2) is 5.24. The number of hydrogen-bond donors (Lipinski definition) is 1. The molecule has 18 heavy (non-hydrogen) atoms. The molecule has 0 radical (unpaired) electrons. The first-order valence-corrected chi connectivity index (χ1v) is 7.92. The molecule has 2 heterocycles. The molecule has 1 saturated heterocycles. The molecule has 0 bridgehead atoms. The van der Waals surface area contributed by atoms with E-state index in [0.717, 1.165) is 19.4 Å². The number of aliphatic hydroxyl groups is 1. The van der Waals surface area contributed by atoms with Gasteiger partial charge in [-0.25, -0.2) is 13.4 Å². The zero-order chi connectivity index (χ0) is 13.2. The first-order chi connectivity index (χ1) is 8.52. The maximum atomic E-state index is 11.7. The Balaban J connectivity index is 2.33. The van der Waals surface area contributed by atoms with Crippen molar-refractivity contribution < 1.29 is 13.5 Å². The summed E-state index contributed by atoms with van der Waals surface area (Å²) >= 11 is 0. The largest absolute Gasteiger partial charge is 0.396 e. The van der Waals surface area contributed by atoms with E-state index in [-0.39, 0.29) is 17.4 Å². The summed E-state index contributed by atoms with van der Waals surface area (Å²) < 4.78 is 23.5. The highest BCUT2D eigenvalue weighted by atomic mass is 32.2. The van der Waals surface area contributed by atoms with Gasteiger partial charge in [0, 0.05) is 32.1 Å². The number of hydrogen-bond acceptors (Lipinski definition) is 5. The van der Waals surface area contributed by atoms with Crippen LogP contribution in [0.3, 0.4) is 0 Å². The third-order valence-corrected chi connectivity index (χ3v) is 4.34. The van der Waals surface area contributed by atoms with E-state index in [1.807, 2.05) is 4.90 Å². The van der Waals surface area contributed by atoms with Crippen molar-refractivity contribution in [3.05, 3.63) is 18.3 Å². The Morgan fingerprint density at radius 2 is 2.33 bits per heavy atom. The molecule has 1 aliphatic heterocycles. The van der Waals surface area contributed by atoms with E-state index < -0.39 is 9.84 Å². The Hall–Kier alpha value is -1.14. The van der Waals surface area contributed by atoms with Gasteiger partial charge in [0.25, 0.3) is 0 Å². The number of piperidine rings is 1. The number of pyridine rings is 1. The van der Waals surface area contributed by atoms with E-state index in [2.05, 4.69) is 4.98 Å². The molecule has 1 atom stereocenters. The van der Waals surface area contributed by atoms with Crippen LogP contribution in [0.1, 0.15) is 12.8 Å². The van der Waals surface area contributed by atoms with Gasteiger partial charge in [-0.2, -0.15) is 0 Å². The SMILES string of the molecule is CS(=O)(=O)c1cccnc1N1CCCC(CO)C1. The minimum absolute atomic E-state index is 0.136. The lowest BCUT2D eigenvalue weighted by Gasteiger charge is -2.33. The van der Waals surface area contributed by atoms with Gasteiger partial charge in [-0.05, 0) is 30.9 Å². The zero-order valence-electron chi connectivity index (χ0n) is 10.4. The van der Waals surface area contributed by atoms with Crippen molar-refractivity contribution in [2.45, 2.75) is 17.7 Å². The standard InChI is InChI=1S/C12H18N2O3S/c1-18(16,17)11-5-2-6-13-12(11)14-7-3-4-10(8-14)9-15/h2,5-6,10,15H,3-4,7-9H2,1H3. The predicted molar refractivity (Wildman–Crippen MR) is 69.4 cm³/mol. The number of nitrogens with zero attached hydrogens (tertiary/aromatic N) is 2. The van der Waals surface area contributed by atoms with Crippen LogP contribution in [0.25, 0.3) is 0 Å². The second-order valence-corrected chi connectivity index (χ2v) is 6.72. The average Bonchev–Trinajstić information content (AvgIpc) is 2.38. The van der Waals surface area contributed by atoms with Crippen molar-refractivity contribution in [3.8, 4) is 0 Å². The van der Waals surface area contributed by atoms with Crippen molar-refractivity contribution in [1.29, 1.82) is 0 Å². The highest BCUT2D eigenvalue weighted by molar-refractivity contribution is 7.90. The van der Waals surface area contributed by atoms with Gasteiger partial charge in [0.05, 0.1) is 0 Å². The first-order valence-electron chi connectivity index (χ1n) is 6.03. The lowest BCUT2D eigenvalue weighted by molar-refractivity contribution is 0.208. The van der Waals surface area contributed by atoms with Crippen molar-refractivity contribution in [1.82, 2.24) is 4.98 Å². The zero-order valence-corrected chi connectivity index (χ0v) is 11.2. The smallest absolute Gasteiger partial charge is 0.179 e. The van der Waals surface area contributed by atoms with E-state index >= 15 is 0 Å². The molecule has 1 N–H and O–H groups in total. The summed E-state index contributed by atoms with van der Waals surface area (Å²) in [5, 5.41) is 9.22. The Bertz CT molecular complexity index is 516. The summed E-state index contributed by atoms with van der Waals surface area (Å²) in [6.07, 6.45) is 4.73. The molecule has 5 nitrogen and oxygen atoms in total. The monoisotopic (exact) mass is 270 g/mol. The molecule has 1 fully saturated rings. The molecule has 1 unspecified atom stereocenters. The number of rotatable bonds is 3. The second-order valence-electron chi connectivity index (χ2n) is 4.73. The van der Waals surface area contributed by atoms with Crippen LogP contribution in [0.2, 0.25) is 0 Å². The molecule has 1 aromatic rings. The Morgan fingerprint density at radius 1 is 1.56 bits per heavy atom. The van der Waals surface area contributed by atoms with E-state index in [4.69, 9.17) is 0 Å². The molecule has 0 amide bonds. The van der Waals surface area contributed by atoms with Gasteiger partial charge in [0.1, 0.15) is 10.7 Å². The Kier molecular flexibility index (Phi) is 3.87. The normalized spacial score (nSPS) is 21.0. The fourth-order valence-corrected chi connectivity index (χ4v) is 3.15. The molecule has 2 rings (SSSR count). The Labute approximate surface area is 107 Å². The molecule has 0 saturated carbocycles. The molecular weight excluding hydrogens is 252 g/mol. The van der Waals surface area contributed by atoms with Crippen LogP contribution in [0.15, 0.2) is 23.2 Å². The van der Waals surface area contributed by atoms with Crippen LogP contribution in [-0.2, 0) is 9.84 Å². The number of anilines is 1. The van der Waals surface area contributed by atoms with Crippen LogP contribution >= 0.6 is 0 Å². The molecular formula is C12H18N2O3S. The van der Waals surface area contributed by atoms with Crippen LogP contribution in [0.5, 0.6) is 0 Å². The lowest BCUT2D eigenvalue weighted by Crippen LogP contribution is -2.38. The lowest BCUT2D eigenvalue weighted by atomic mass is 9.99. The minimum atomic E-state index is -3.27. The third-order valence-electron chi connectivity index (χ3n) is 3.23. The van der Waals surface area contributed by atoms with Crippen LogP contribution in [0, 0.1) is 5.92 Å². The highest BCUT2D eigenvalue weighted by Crippen LogP contribution is 2.26. The van der Waals surface area contributed by atoms with E-state index in [1.165, 1.54) is 6.26 Å². The summed E-state index contributed by atoms with van der Waals surface area (Å²) in [4.78, 5) is 6.43. The van der Waals surface area contributed by atoms with Crippen molar-refractivity contribution in [3.63, 3.8) is 0 Å². The topological polar surface area (TPSA) is 70.5 Å². The number of sulfone groups is 1. The summed E-state index contributed by atoms with van der Waals surface area (Å²) in [5.74, 6) is 0.714. The predicted octanol–water partition coefficient (Wildman–Crippen LogP) is 0.694. The fourth-order valence-electron chi connectivity index (χ4n) is 2.32. The molecule has 0 spiro atoms. The van der Waals surface area contributed by atoms with Gasteiger partial charge in [-0.3, -0.25) is 0 Å². The molecule has 0 aliphatic carbocycles. The van der Waals surface area contributed by atoms with E-state index in [9.17, 15) is 13.5 Å². The highest BCUT2D eigenvalue weighted by Gasteiger charge is 2.24. The average molecular weight is 270 g/mol. The van der Waals surface area contributed by atoms with Gasteiger partial charge < -0.3 is 10.0 Å². The van der Waals surface area contributed by atoms with Gasteiger partial charge in [0.2, 0.25) is 0 Å². The van der Waals surface area contributed by atoms with Gasteiger partial charge in [0.15, 0.2) is 9.84 Å². The molecule has 1 aliphatic rings. The quantitative estimate of drug-likeness (QED) is 0.875. The fraction of sp³-hybridized carbons (Fsp3) is 0.583. The summed E-state index contributed by atoms with van der Waals surface area (Å²) in [7, 11) is -3.27. The van der Waals surface area contributed by atoms with Crippen molar-refractivity contribution in [2.24, 2.45) is 5.92 Å². The van der Waals surface area contributed by atoms with Crippen LogP contribution in [-0.4, -0.2) is 44.5 Å². The Morgan fingerprint density at radius 3 is 3.00 bits per heavy atom. The van der Waals surface area contributed by atoms with Crippen molar-refractivity contribution in [2.75, 3.05) is 30.9 Å². The number of aliphatic hydroxyl groups excluding tert-OH is 1. The first kappa shape index (κ1) is 13.3. The maximum Gasteiger partial charge on any atom is 0.179 e.